The normalized spacial score (nSPS) is 26.1. The van der Waals surface area contributed by atoms with Crippen LogP contribution in [0.25, 0.3) is 0 Å². The van der Waals surface area contributed by atoms with Gasteiger partial charge in [-0.15, -0.1) is 0 Å². The zero-order chi connectivity index (χ0) is 17.3. The van der Waals surface area contributed by atoms with Crippen molar-refractivity contribution in [1.29, 1.82) is 0 Å². The van der Waals surface area contributed by atoms with Gasteiger partial charge >= 0.3 is 52.7 Å². The molecule has 0 saturated heterocycles. The van der Waals surface area contributed by atoms with Crippen LogP contribution in [0.2, 0.25) is 0 Å². The summed E-state index contributed by atoms with van der Waals surface area (Å²) >= 11 is -4.15. The van der Waals surface area contributed by atoms with Crippen molar-refractivity contribution >= 4 is 23.0 Å². The average molecular weight is 374 g/mol. The van der Waals surface area contributed by atoms with Crippen LogP contribution in [0.5, 0.6) is 0 Å². The van der Waals surface area contributed by atoms with Gasteiger partial charge in [0, 0.05) is 5.92 Å². The van der Waals surface area contributed by atoms with Gasteiger partial charge in [0.05, 0.1) is 26.1 Å². The quantitative estimate of drug-likeness (QED) is 0.274. The standard InChI is InChI=1S/C11H14F4O6S.Na.H/c1-20-8(16)5-3-6(9(17)21-2)7(4-5)10(12,13)11(14,15)22(18)19;;/h5-7H,3-4H2,1-2H3,(H,18,19);;/q;+1;-1. The van der Waals surface area contributed by atoms with E-state index in [9.17, 15) is 31.4 Å². The van der Waals surface area contributed by atoms with Gasteiger partial charge in [-0.3, -0.25) is 9.59 Å². The van der Waals surface area contributed by atoms with Crippen LogP contribution in [0.1, 0.15) is 14.3 Å². The van der Waals surface area contributed by atoms with E-state index in [4.69, 9.17) is 4.55 Å². The first-order chi connectivity index (χ1) is 10.0. The minimum Gasteiger partial charge on any atom is -1.00 e. The largest absolute Gasteiger partial charge is 1.00 e. The molecule has 4 atom stereocenters. The number of carbonyl (C=O) groups is 2. The predicted molar refractivity (Wildman–Crippen MR) is 65.5 cm³/mol. The number of rotatable bonds is 5. The number of hydrogen-bond acceptors (Lipinski definition) is 5. The van der Waals surface area contributed by atoms with Gasteiger partial charge in [0.25, 0.3) is 0 Å². The summed E-state index contributed by atoms with van der Waals surface area (Å²) in [5, 5.41) is -5.27. The molecular formula is C11H15F4NaO6S. The summed E-state index contributed by atoms with van der Waals surface area (Å²) in [4.78, 5) is 22.9. The zero-order valence-electron chi connectivity index (χ0n) is 13.6. The van der Waals surface area contributed by atoms with E-state index in [0.717, 1.165) is 14.2 Å². The molecule has 0 aromatic carbocycles. The molecule has 1 rings (SSSR count). The van der Waals surface area contributed by atoms with Gasteiger partial charge in [-0.2, -0.15) is 17.6 Å². The number of esters is 2. The number of halogens is 4. The maximum absolute atomic E-state index is 14.0. The summed E-state index contributed by atoms with van der Waals surface area (Å²) in [5.41, 5.74) is 0. The first-order valence-electron chi connectivity index (χ1n) is 6.02. The Balaban J connectivity index is 0. The van der Waals surface area contributed by atoms with Gasteiger partial charge in [-0.05, 0) is 12.8 Å². The summed E-state index contributed by atoms with van der Waals surface area (Å²) in [6.45, 7) is 0. The fourth-order valence-electron chi connectivity index (χ4n) is 2.54. The molecule has 0 aromatic heterocycles. The van der Waals surface area contributed by atoms with Crippen molar-refractivity contribution in [3.05, 3.63) is 0 Å². The summed E-state index contributed by atoms with van der Waals surface area (Å²) in [7, 11) is 1.86. The third-order valence-electron chi connectivity index (χ3n) is 3.67. The average Bonchev–Trinajstić information content (AvgIpc) is 2.90. The van der Waals surface area contributed by atoms with E-state index in [-0.39, 0.29) is 31.0 Å². The van der Waals surface area contributed by atoms with Crippen LogP contribution < -0.4 is 29.6 Å². The summed E-state index contributed by atoms with van der Waals surface area (Å²) < 4.78 is 82.3. The predicted octanol–water partition coefficient (Wildman–Crippen LogP) is -1.46. The Labute approximate surface area is 155 Å². The molecule has 1 fully saturated rings. The molecule has 4 unspecified atom stereocenters. The van der Waals surface area contributed by atoms with E-state index < -0.39 is 64.8 Å². The van der Waals surface area contributed by atoms with Crippen molar-refractivity contribution < 1.29 is 76.4 Å². The minimum absolute atomic E-state index is 0. The molecule has 0 aromatic rings. The summed E-state index contributed by atoms with van der Waals surface area (Å²) in [6, 6.07) is 0. The Morgan fingerprint density at radius 2 is 1.61 bits per heavy atom. The van der Waals surface area contributed by atoms with E-state index >= 15 is 0 Å². The van der Waals surface area contributed by atoms with Gasteiger partial charge in [0.1, 0.15) is 0 Å². The first-order valence-corrected chi connectivity index (χ1v) is 7.13. The molecule has 0 aliphatic heterocycles. The van der Waals surface area contributed by atoms with E-state index in [1.54, 1.807) is 0 Å². The molecule has 0 spiro atoms. The van der Waals surface area contributed by atoms with Crippen molar-refractivity contribution in [3.63, 3.8) is 0 Å². The van der Waals surface area contributed by atoms with E-state index in [0.29, 0.717) is 0 Å². The minimum atomic E-state index is -5.27. The topological polar surface area (TPSA) is 89.9 Å². The number of carbonyl (C=O) groups excluding carboxylic acids is 2. The molecule has 0 radical (unpaired) electrons. The maximum atomic E-state index is 14.0. The van der Waals surface area contributed by atoms with E-state index in [1.165, 1.54) is 0 Å². The van der Waals surface area contributed by atoms with Gasteiger partial charge in [0.2, 0.25) is 11.1 Å². The van der Waals surface area contributed by atoms with Gasteiger partial charge in [-0.25, -0.2) is 4.21 Å². The zero-order valence-corrected chi connectivity index (χ0v) is 15.4. The molecular weight excluding hydrogens is 359 g/mol. The van der Waals surface area contributed by atoms with Crippen molar-refractivity contribution in [2.75, 3.05) is 14.2 Å². The van der Waals surface area contributed by atoms with Crippen molar-refractivity contribution in [2.45, 2.75) is 24.0 Å². The van der Waals surface area contributed by atoms with E-state index in [2.05, 4.69) is 9.47 Å². The number of alkyl halides is 4. The Hall–Kier alpha value is -0.230. The van der Waals surface area contributed by atoms with Crippen LogP contribution >= 0.6 is 0 Å². The summed E-state index contributed by atoms with van der Waals surface area (Å²) in [5.74, 6) is -12.3. The molecule has 6 nitrogen and oxygen atoms in total. The number of hydrogen-bond donors (Lipinski definition) is 1. The molecule has 1 saturated carbocycles. The molecule has 0 heterocycles. The Morgan fingerprint density at radius 3 is 2.00 bits per heavy atom. The number of methoxy groups -OCH3 is 2. The van der Waals surface area contributed by atoms with Crippen molar-refractivity contribution in [2.24, 2.45) is 17.8 Å². The van der Waals surface area contributed by atoms with Crippen LogP contribution in [0.3, 0.4) is 0 Å². The molecule has 1 aliphatic rings. The molecule has 1 aliphatic carbocycles. The second-order valence-corrected chi connectivity index (χ2v) is 5.83. The Kier molecular flexibility index (Phi) is 8.15. The fourth-order valence-corrected chi connectivity index (χ4v) is 2.93. The number of ether oxygens (including phenoxy) is 2. The molecule has 23 heavy (non-hydrogen) atoms. The van der Waals surface area contributed by atoms with Crippen LogP contribution in [-0.2, 0) is 30.1 Å². The Morgan fingerprint density at radius 1 is 1.13 bits per heavy atom. The Bertz CT molecular complexity index is 495. The first kappa shape index (κ1) is 22.8. The van der Waals surface area contributed by atoms with E-state index in [1.807, 2.05) is 0 Å². The smallest absolute Gasteiger partial charge is 1.00 e. The van der Waals surface area contributed by atoms with Crippen LogP contribution in [0.15, 0.2) is 0 Å². The van der Waals surface area contributed by atoms with Crippen molar-refractivity contribution in [3.8, 4) is 0 Å². The third-order valence-corrected chi connectivity index (χ3v) is 4.38. The van der Waals surface area contributed by atoms with Crippen LogP contribution in [0.4, 0.5) is 17.6 Å². The van der Waals surface area contributed by atoms with Crippen molar-refractivity contribution in [1.82, 2.24) is 0 Å². The van der Waals surface area contributed by atoms with Gasteiger partial charge in [-0.1, -0.05) is 0 Å². The molecule has 1 N–H and O–H groups in total. The van der Waals surface area contributed by atoms with Crippen LogP contribution in [0, 0.1) is 17.8 Å². The molecule has 130 valence electrons. The van der Waals surface area contributed by atoms with Gasteiger partial charge < -0.3 is 15.5 Å². The molecule has 0 bridgehead atoms. The van der Waals surface area contributed by atoms with Crippen LogP contribution in [-0.4, -0.2) is 46.1 Å². The van der Waals surface area contributed by atoms with Gasteiger partial charge in [0.15, 0.2) is 0 Å². The maximum Gasteiger partial charge on any atom is 1.00 e. The second-order valence-electron chi connectivity index (χ2n) is 4.82. The summed E-state index contributed by atoms with van der Waals surface area (Å²) in [6.07, 6.45) is -1.25. The molecule has 12 heteroatoms. The second kappa shape index (κ2) is 8.24. The monoisotopic (exact) mass is 374 g/mol. The fraction of sp³-hybridized carbons (Fsp3) is 0.818. The molecule has 0 amide bonds. The third kappa shape index (κ3) is 4.25. The SMILES string of the molecule is COC(=O)C1CC(C(=O)OC)C(C(F)(F)C(F)(F)S(=O)O)C1.[H-].[Na+].